The zero-order valence-electron chi connectivity index (χ0n) is 11.0. The molecule has 0 aromatic rings. The zero-order valence-corrected chi connectivity index (χ0v) is 11.0. The van der Waals surface area contributed by atoms with E-state index in [0.717, 1.165) is 0 Å². The van der Waals surface area contributed by atoms with E-state index in [0.29, 0.717) is 11.5 Å². The third kappa shape index (κ3) is 2.38. The average molecular weight is 209 g/mol. The molecule has 88 valence electrons. The second-order valence-electron chi connectivity index (χ2n) is 5.26. The summed E-state index contributed by atoms with van der Waals surface area (Å²) >= 11 is 0. The van der Waals surface area contributed by atoms with Gasteiger partial charge in [-0.05, 0) is 33.1 Å². The molecule has 1 saturated heterocycles. The molecule has 0 N–H and O–H groups in total. The van der Waals surface area contributed by atoms with Crippen LogP contribution < -0.4 is 0 Å². The number of nitrogens with zero attached hydrogens (tertiary/aromatic N) is 1. The summed E-state index contributed by atoms with van der Waals surface area (Å²) in [5.41, 5.74) is 1.86. The van der Waals surface area contributed by atoms with E-state index in [1.807, 2.05) is 0 Å². The maximum atomic E-state index is 4.37. The van der Waals surface area contributed by atoms with Crippen molar-refractivity contribution in [1.29, 1.82) is 0 Å². The van der Waals surface area contributed by atoms with Gasteiger partial charge in [0.1, 0.15) is 0 Å². The van der Waals surface area contributed by atoms with E-state index >= 15 is 0 Å². The van der Waals surface area contributed by atoms with E-state index < -0.39 is 0 Å². The van der Waals surface area contributed by atoms with Gasteiger partial charge >= 0.3 is 0 Å². The predicted molar refractivity (Wildman–Crippen MR) is 67.8 cm³/mol. The molecule has 0 amide bonds. The number of hydrogen-bond acceptors (Lipinski definition) is 1. The molecule has 1 rings (SSSR count). The Hall–Kier alpha value is -0.460. The minimum absolute atomic E-state index is 0.438. The summed E-state index contributed by atoms with van der Waals surface area (Å²) in [5.74, 6) is 0. The van der Waals surface area contributed by atoms with Crippen molar-refractivity contribution in [2.24, 2.45) is 5.41 Å². The van der Waals surface area contributed by atoms with Crippen molar-refractivity contribution in [1.82, 2.24) is 4.90 Å². The van der Waals surface area contributed by atoms with Crippen LogP contribution in [-0.2, 0) is 0 Å². The lowest BCUT2D eigenvalue weighted by Gasteiger charge is -2.33. The number of hydrogen-bond donors (Lipinski definition) is 0. The van der Waals surface area contributed by atoms with Crippen LogP contribution in [0.25, 0.3) is 0 Å². The lowest BCUT2D eigenvalue weighted by Crippen LogP contribution is -2.29. The van der Waals surface area contributed by atoms with Gasteiger partial charge in [0, 0.05) is 23.7 Å². The van der Waals surface area contributed by atoms with E-state index in [-0.39, 0.29) is 0 Å². The Morgan fingerprint density at radius 1 is 1.27 bits per heavy atom. The van der Waals surface area contributed by atoms with Crippen molar-refractivity contribution >= 4 is 0 Å². The molecule has 0 aromatic heterocycles. The topological polar surface area (TPSA) is 3.24 Å². The molecule has 1 heterocycles. The minimum Gasteiger partial charge on any atom is -0.372 e. The summed E-state index contributed by atoms with van der Waals surface area (Å²) in [4.78, 5) is 2.51. The summed E-state index contributed by atoms with van der Waals surface area (Å²) in [5, 5.41) is 0. The Kier molecular flexibility index (Phi) is 4.24. The molecular formula is C14H27N. The highest BCUT2D eigenvalue weighted by atomic mass is 15.2. The van der Waals surface area contributed by atoms with Crippen LogP contribution in [-0.4, -0.2) is 17.5 Å². The first-order valence-electron chi connectivity index (χ1n) is 6.53. The smallest absolute Gasteiger partial charge is 0.0230 e. The predicted octanol–water partition coefficient (Wildman–Crippen LogP) is 4.20. The van der Waals surface area contributed by atoms with E-state index in [9.17, 15) is 0 Å². The molecule has 0 atom stereocenters. The van der Waals surface area contributed by atoms with E-state index in [2.05, 4.69) is 39.2 Å². The largest absolute Gasteiger partial charge is 0.372 e. The summed E-state index contributed by atoms with van der Waals surface area (Å²) in [6, 6.07) is 0.619. The molecular weight excluding hydrogens is 182 g/mol. The fraction of sp³-hybridized carbons (Fsp3) is 0.857. The average Bonchev–Trinajstić information content (AvgIpc) is 2.46. The maximum absolute atomic E-state index is 4.37. The first-order valence-corrected chi connectivity index (χ1v) is 6.53. The van der Waals surface area contributed by atoms with Crippen LogP contribution in [0.1, 0.15) is 59.8 Å². The van der Waals surface area contributed by atoms with E-state index in [1.54, 1.807) is 0 Å². The van der Waals surface area contributed by atoms with Gasteiger partial charge in [0.2, 0.25) is 0 Å². The lowest BCUT2D eigenvalue weighted by atomic mass is 9.76. The van der Waals surface area contributed by atoms with Crippen molar-refractivity contribution in [2.75, 3.05) is 6.54 Å². The fourth-order valence-electron chi connectivity index (χ4n) is 3.11. The third-order valence-corrected chi connectivity index (χ3v) is 3.87. The fourth-order valence-corrected chi connectivity index (χ4v) is 3.11. The second kappa shape index (κ2) is 5.05. The van der Waals surface area contributed by atoms with Gasteiger partial charge in [-0.2, -0.15) is 0 Å². The number of allylic oxidation sites excluding steroid dienone is 1. The molecule has 1 aliphatic heterocycles. The highest BCUT2D eigenvalue weighted by Crippen LogP contribution is 2.47. The monoisotopic (exact) mass is 209 g/mol. The Labute approximate surface area is 95.5 Å². The van der Waals surface area contributed by atoms with Crippen molar-refractivity contribution in [3.63, 3.8) is 0 Å². The summed E-state index contributed by atoms with van der Waals surface area (Å²) in [7, 11) is 0. The molecule has 0 bridgehead atoms. The zero-order chi connectivity index (χ0) is 11.5. The molecule has 15 heavy (non-hydrogen) atoms. The Morgan fingerprint density at radius 3 is 2.13 bits per heavy atom. The van der Waals surface area contributed by atoms with E-state index in [4.69, 9.17) is 0 Å². The first-order chi connectivity index (χ1) is 7.07. The van der Waals surface area contributed by atoms with Crippen LogP contribution in [0.3, 0.4) is 0 Å². The van der Waals surface area contributed by atoms with Crippen molar-refractivity contribution in [3.8, 4) is 0 Å². The van der Waals surface area contributed by atoms with Crippen molar-refractivity contribution in [2.45, 2.75) is 65.8 Å². The van der Waals surface area contributed by atoms with Crippen molar-refractivity contribution < 1.29 is 0 Å². The molecule has 1 heteroatoms. The van der Waals surface area contributed by atoms with Gasteiger partial charge in [-0.15, -0.1) is 0 Å². The van der Waals surface area contributed by atoms with Crippen LogP contribution in [0.15, 0.2) is 12.3 Å². The van der Waals surface area contributed by atoms with Crippen LogP contribution in [0.5, 0.6) is 0 Å². The van der Waals surface area contributed by atoms with Crippen molar-refractivity contribution in [3.05, 3.63) is 12.3 Å². The van der Waals surface area contributed by atoms with Gasteiger partial charge in [0.05, 0.1) is 0 Å². The third-order valence-electron chi connectivity index (χ3n) is 3.87. The van der Waals surface area contributed by atoms with Crippen LogP contribution in [0.2, 0.25) is 0 Å². The first kappa shape index (κ1) is 12.6. The van der Waals surface area contributed by atoms with Gasteiger partial charge in [0.25, 0.3) is 0 Å². The van der Waals surface area contributed by atoms with Gasteiger partial charge in [-0.3, -0.25) is 0 Å². The maximum Gasteiger partial charge on any atom is 0.0230 e. The van der Waals surface area contributed by atoms with Gasteiger partial charge < -0.3 is 4.90 Å². The molecule has 0 aromatic carbocycles. The standard InChI is InChI=1S/C14H27N/c1-6-8-14(9-7-2)10-11-15(12(3)4)13(14)5/h12H,5-11H2,1-4H3. The molecule has 0 unspecified atom stereocenters. The van der Waals surface area contributed by atoms with Crippen LogP contribution in [0, 0.1) is 5.41 Å². The minimum atomic E-state index is 0.438. The Bertz CT molecular complexity index is 211. The number of rotatable bonds is 5. The van der Waals surface area contributed by atoms with Gasteiger partial charge in [-0.25, -0.2) is 0 Å². The summed E-state index contributed by atoms with van der Waals surface area (Å²) in [6.45, 7) is 14.7. The quantitative estimate of drug-likeness (QED) is 0.656. The van der Waals surface area contributed by atoms with Gasteiger partial charge in [0.15, 0.2) is 0 Å². The molecule has 0 spiro atoms. The Morgan fingerprint density at radius 2 is 1.80 bits per heavy atom. The Balaban J connectivity index is 2.78. The highest BCUT2D eigenvalue weighted by molar-refractivity contribution is 5.15. The highest BCUT2D eigenvalue weighted by Gasteiger charge is 2.40. The molecule has 1 aliphatic rings. The molecule has 1 nitrogen and oxygen atoms in total. The molecule has 0 radical (unpaired) electrons. The SMILES string of the molecule is C=C1N(C(C)C)CCC1(CCC)CCC. The number of likely N-dealkylation sites (tertiary alicyclic amines) is 1. The van der Waals surface area contributed by atoms with E-state index in [1.165, 1.54) is 44.3 Å². The van der Waals surface area contributed by atoms with Crippen LogP contribution >= 0.6 is 0 Å². The molecule has 1 fully saturated rings. The lowest BCUT2D eigenvalue weighted by molar-refractivity contribution is 0.272. The molecule has 0 aliphatic carbocycles. The van der Waals surface area contributed by atoms with Crippen LogP contribution in [0.4, 0.5) is 0 Å². The summed E-state index contributed by atoms with van der Waals surface area (Å²) < 4.78 is 0. The van der Waals surface area contributed by atoms with Gasteiger partial charge in [-0.1, -0.05) is 33.3 Å². The summed E-state index contributed by atoms with van der Waals surface area (Å²) in [6.07, 6.45) is 6.54. The normalized spacial score (nSPS) is 20.3. The second-order valence-corrected chi connectivity index (χ2v) is 5.26. The molecule has 0 saturated carbocycles.